The Morgan fingerprint density at radius 1 is 1.47 bits per heavy atom. The Morgan fingerprint density at radius 2 is 2.26 bits per heavy atom. The Kier molecular flexibility index (Phi) is 4.47. The lowest BCUT2D eigenvalue weighted by Crippen LogP contribution is -2.12. The summed E-state index contributed by atoms with van der Waals surface area (Å²) in [6.07, 6.45) is 1.84. The van der Waals surface area contributed by atoms with Crippen molar-refractivity contribution in [2.24, 2.45) is 0 Å². The number of aromatic nitrogens is 1. The molecule has 100 valence electrons. The first-order chi connectivity index (χ1) is 9.06. The number of halogens is 1. The van der Waals surface area contributed by atoms with Crippen LogP contribution in [0.3, 0.4) is 0 Å². The molecule has 1 aromatic heterocycles. The largest absolute Gasteiger partial charge is 0.308 e. The van der Waals surface area contributed by atoms with Crippen LogP contribution in [-0.2, 0) is 13.1 Å². The molecule has 1 heterocycles. The molecule has 0 aliphatic rings. The van der Waals surface area contributed by atoms with Gasteiger partial charge in [-0.2, -0.15) is 0 Å². The predicted octanol–water partition coefficient (Wildman–Crippen LogP) is 3.30. The van der Waals surface area contributed by atoms with Crippen molar-refractivity contribution in [1.82, 2.24) is 10.3 Å². The number of hydrogen-bond donors (Lipinski definition) is 1. The van der Waals surface area contributed by atoms with Crippen LogP contribution in [0.25, 0.3) is 0 Å². The molecule has 0 aliphatic carbocycles. The lowest BCUT2D eigenvalue weighted by molar-refractivity contribution is -0.384. The summed E-state index contributed by atoms with van der Waals surface area (Å²) in [7, 11) is 0. The van der Waals surface area contributed by atoms with Crippen LogP contribution in [0.1, 0.15) is 15.4 Å². The van der Waals surface area contributed by atoms with Crippen LogP contribution in [0, 0.1) is 17.0 Å². The maximum absolute atomic E-state index is 10.6. The van der Waals surface area contributed by atoms with Crippen LogP contribution in [0.5, 0.6) is 0 Å². The SMILES string of the molecule is Cc1ncc(CNCc2ccc([N+](=O)[O-])cc2Cl)s1. The Balaban J connectivity index is 1.94. The first-order valence-corrected chi connectivity index (χ1v) is 6.80. The molecule has 0 fully saturated rings. The van der Waals surface area contributed by atoms with E-state index in [1.54, 1.807) is 17.4 Å². The average molecular weight is 298 g/mol. The van der Waals surface area contributed by atoms with E-state index in [9.17, 15) is 10.1 Å². The van der Waals surface area contributed by atoms with E-state index >= 15 is 0 Å². The number of thiazole rings is 1. The minimum Gasteiger partial charge on any atom is -0.308 e. The zero-order chi connectivity index (χ0) is 13.8. The van der Waals surface area contributed by atoms with Gasteiger partial charge in [-0.15, -0.1) is 11.3 Å². The first-order valence-electron chi connectivity index (χ1n) is 5.61. The van der Waals surface area contributed by atoms with Gasteiger partial charge in [-0.1, -0.05) is 11.6 Å². The lowest BCUT2D eigenvalue weighted by Gasteiger charge is -2.05. The maximum Gasteiger partial charge on any atom is 0.270 e. The number of hydrogen-bond acceptors (Lipinski definition) is 5. The normalized spacial score (nSPS) is 10.6. The first kappa shape index (κ1) is 13.9. The number of benzene rings is 1. The molecule has 1 N–H and O–H groups in total. The fourth-order valence-corrected chi connectivity index (χ4v) is 2.61. The summed E-state index contributed by atoms with van der Waals surface area (Å²) in [5.41, 5.74) is 0.848. The van der Waals surface area contributed by atoms with Crippen molar-refractivity contribution in [3.8, 4) is 0 Å². The number of nitrogens with one attached hydrogen (secondary N) is 1. The zero-order valence-electron chi connectivity index (χ0n) is 10.2. The van der Waals surface area contributed by atoms with Crippen molar-refractivity contribution in [2.45, 2.75) is 20.0 Å². The van der Waals surface area contributed by atoms with E-state index in [0.29, 0.717) is 18.1 Å². The van der Waals surface area contributed by atoms with Crippen molar-refractivity contribution in [3.63, 3.8) is 0 Å². The summed E-state index contributed by atoms with van der Waals surface area (Å²) in [5, 5.41) is 15.3. The van der Waals surface area contributed by atoms with Crippen LogP contribution in [0.15, 0.2) is 24.4 Å². The van der Waals surface area contributed by atoms with E-state index in [1.807, 2.05) is 13.1 Å². The van der Waals surface area contributed by atoms with E-state index < -0.39 is 4.92 Å². The summed E-state index contributed by atoms with van der Waals surface area (Å²) in [5.74, 6) is 0. The molecule has 5 nitrogen and oxygen atoms in total. The molecular formula is C12H12ClN3O2S. The Bertz CT molecular complexity index is 600. The highest BCUT2D eigenvalue weighted by Gasteiger charge is 2.09. The number of nitro groups is 1. The topological polar surface area (TPSA) is 68.1 Å². The zero-order valence-corrected chi connectivity index (χ0v) is 11.8. The molecular weight excluding hydrogens is 286 g/mol. The lowest BCUT2D eigenvalue weighted by atomic mass is 10.2. The van der Waals surface area contributed by atoms with Crippen molar-refractivity contribution < 1.29 is 4.92 Å². The highest BCUT2D eigenvalue weighted by atomic mass is 35.5. The molecule has 0 saturated heterocycles. The molecule has 0 unspecified atom stereocenters. The molecule has 0 bridgehead atoms. The van der Waals surface area contributed by atoms with E-state index in [4.69, 9.17) is 11.6 Å². The van der Waals surface area contributed by atoms with E-state index in [1.165, 1.54) is 12.1 Å². The van der Waals surface area contributed by atoms with E-state index in [-0.39, 0.29) is 5.69 Å². The van der Waals surface area contributed by atoms with Gasteiger partial charge in [-0.25, -0.2) is 4.98 Å². The monoisotopic (exact) mass is 297 g/mol. The van der Waals surface area contributed by atoms with Crippen molar-refractivity contribution >= 4 is 28.6 Å². The minimum atomic E-state index is -0.455. The molecule has 7 heteroatoms. The molecule has 0 atom stereocenters. The minimum absolute atomic E-state index is 0.00633. The second kappa shape index (κ2) is 6.10. The van der Waals surface area contributed by atoms with Crippen LogP contribution in [0.2, 0.25) is 5.02 Å². The van der Waals surface area contributed by atoms with Gasteiger partial charge in [0.05, 0.1) is 15.0 Å². The molecule has 0 aliphatic heterocycles. The standard InChI is InChI=1S/C12H12ClN3O2S/c1-8-15-7-11(19-8)6-14-5-9-2-3-10(16(17)18)4-12(9)13/h2-4,7,14H,5-6H2,1H3. The van der Waals surface area contributed by atoms with Gasteiger partial charge >= 0.3 is 0 Å². The van der Waals surface area contributed by atoms with Gasteiger partial charge in [0.1, 0.15) is 0 Å². The average Bonchev–Trinajstić information content (AvgIpc) is 2.77. The summed E-state index contributed by atoms with van der Waals surface area (Å²) < 4.78 is 0. The summed E-state index contributed by atoms with van der Waals surface area (Å²) in [4.78, 5) is 15.5. The Labute approximate surface area is 119 Å². The van der Waals surface area contributed by atoms with E-state index in [0.717, 1.165) is 15.4 Å². The van der Waals surface area contributed by atoms with Crippen LogP contribution >= 0.6 is 22.9 Å². The number of aryl methyl sites for hydroxylation is 1. The van der Waals surface area contributed by atoms with Gasteiger partial charge in [0.15, 0.2) is 0 Å². The van der Waals surface area contributed by atoms with Crippen molar-refractivity contribution in [1.29, 1.82) is 0 Å². The quantitative estimate of drug-likeness (QED) is 0.679. The second-order valence-corrected chi connectivity index (χ2v) is 5.71. The van der Waals surface area contributed by atoms with Gasteiger partial charge in [0, 0.05) is 36.3 Å². The van der Waals surface area contributed by atoms with Gasteiger partial charge in [-0.3, -0.25) is 10.1 Å². The molecule has 0 amide bonds. The van der Waals surface area contributed by atoms with Gasteiger partial charge in [0.2, 0.25) is 0 Å². The fourth-order valence-electron chi connectivity index (χ4n) is 1.60. The Morgan fingerprint density at radius 3 is 2.84 bits per heavy atom. The predicted molar refractivity (Wildman–Crippen MR) is 75.5 cm³/mol. The molecule has 2 aromatic rings. The van der Waals surface area contributed by atoms with Gasteiger partial charge < -0.3 is 5.32 Å². The van der Waals surface area contributed by atoms with Crippen LogP contribution in [-0.4, -0.2) is 9.91 Å². The molecule has 0 radical (unpaired) electrons. The van der Waals surface area contributed by atoms with Crippen LogP contribution in [0.4, 0.5) is 5.69 Å². The third-order valence-corrected chi connectivity index (χ3v) is 3.80. The third-order valence-electron chi connectivity index (χ3n) is 2.53. The molecule has 0 spiro atoms. The highest BCUT2D eigenvalue weighted by Crippen LogP contribution is 2.22. The number of non-ortho nitro benzene ring substituents is 1. The smallest absolute Gasteiger partial charge is 0.270 e. The van der Waals surface area contributed by atoms with Crippen molar-refractivity contribution in [3.05, 3.63) is 55.0 Å². The number of nitro benzene ring substituents is 1. The maximum atomic E-state index is 10.6. The highest BCUT2D eigenvalue weighted by molar-refractivity contribution is 7.11. The molecule has 0 saturated carbocycles. The molecule has 19 heavy (non-hydrogen) atoms. The summed E-state index contributed by atoms with van der Waals surface area (Å²) in [6, 6.07) is 4.50. The van der Waals surface area contributed by atoms with Crippen molar-refractivity contribution in [2.75, 3.05) is 0 Å². The third kappa shape index (κ3) is 3.73. The van der Waals surface area contributed by atoms with E-state index in [2.05, 4.69) is 10.3 Å². The van der Waals surface area contributed by atoms with Gasteiger partial charge in [0.25, 0.3) is 5.69 Å². The molecule has 1 aromatic carbocycles. The number of rotatable bonds is 5. The second-order valence-electron chi connectivity index (χ2n) is 3.98. The molecule has 2 rings (SSSR count). The summed E-state index contributed by atoms with van der Waals surface area (Å²) >= 11 is 7.64. The van der Waals surface area contributed by atoms with Gasteiger partial charge in [-0.05, 0) is 18.6 Å². The number of nitrogens with zero attached hydrogens (tertiary/aromatic N) is 2. The Hall–Kier alpha value is -1.50. The fraction of sp³-hybridized carbons (Fsp3) is 0.250. The van der Waals surface area contributed by atoms with Crippen LogP contribution < -0.4 is 5.32 Å². The summed E-state index contributed by atoms with van der Waals surface area (Å²) in [6.45, 7) is 3.23.